The van der Waals surface area contributed by atoms with Crippen LogP contribution in [0.4, 0.5) is 0 Å². The SMILES string of the molecule is O=C(O)C(=O)O.OC1(c2ccccc2)CCCNCC1. The fourth-order valence-corrected chi connectivity index (χ4v) is 2.09. The number of carboxylic acids is 2. The molecular weight excluding hydrogens is 262 g/mol. The maximum Gasteiger partial charge on any atom is 0.414 e. The van der Waals surface area contributed by atoms with Gasteiger partial charge < -0.3 is 20.6 Å². The maximum absolute atomic E-state index is 10.5. The maximum atomic E-state index is 10.5. The molecular formula is C14H19NO5. The number of carboxylic acid groups (broad SMARTS) is 2. The van der Waals surface area contributed by atoms with Gasteiger partial charge in [0.25, 0.3) is 0 Å². The molecule has 1 aromatic rings. The van der Waals surface area contributed by atoms with Gasteiger partial charge in [-0.15, -0.1) is 0 Å². The highest BCUT2D eigenvalue weighted by Gasteiger charge is 2.29. The smallest absolute Gasteiger partial charge is 0.414 e. The van der Waals surface area contributed by atoms with Gasteiger partial charge in [-0.1, -0.05) is 30.3 Å². The van der Waals surface area contributed by atoms with Crippen LogP contribution < -0.4 is 5.32 Å². The van der Waals surface area contributed by atoms with E-state index in [1.165, 1.54) is 0 Å². The third-order valence-corrected chi connectivity index (χ3v) is 3.15. The van der Waals surface area contributed by atoms with Crippen LogP contribution in [-0.2, 0) is 15.2 Å². The second kappa shape index (κ2) is 7.62. The highest BCUT2D eigenvalue weighted by molar-refractivity contribution is 6.27. The molecule has 0 aromatic heterocycles. The Morgan fingerprint density at radius 2 is 1.60 bits per heavy atom. The van der Waals surface area contributed by atoms with E-state index >= 15 is 0 Å². The lowest BCUT2D eigenvalue weighted by atomic mass is 9.87. The van der Waals surface area contributed by atoms with Crippen LogP contribution in [0.3, 0.4) is 0 Å². The zero-order valence-corrected chi connectivity index (χ0v) is 11.1. The predicted molar refractivity (Wildman–Crippen MR) is 72.3 cm³/mol. The lowest BCUT2D eigenvalue weighted by molar-refractivity contribution is -0.159. The molecule has 0 saturated carbocycles. The van der Waals surface area contributed by atoms with Crippen LogP contribution in [-0.4, -0.2) is 40.3 Å². The van der Waals surface area contributed by atoms with Crippen molar-refractivity contribution >= 4 is 11.9 Å². The van der Waals surface area contributed by atoms with Gasteiger partial charge >= 0.3 is 11.9 Å². The third-order valence-electron chi connectivity index (χ3n) is 3.15. The number of rotatable bonds is 1. The Morgan fingerprint density at radius 1 is 1.00 bits per heavy atom. The van der Waals surface area contributed by atoms with Crippen LogP contribution in [0.2, 0.25) is 0 Å². The van der Waals surface area contributed by atoms with Gasteiger partial charge in [0.15, 0.2) is 0 Å². The summed E-state index contributed by atoms with van der Waals surface area (Å²) in [7, 11) is 0. The highest BCUT2D eigenvalue weighted by Crippen LogP contribution is 2.30. The van der Waals surface area contributed by atoms with E-state index in [2.05, 4.69) is 5.32 Å². The molecule has 1 unspecified atom stereocenters. The highest BCUT2D eigenvalue weighted by atomic mass is 16.4. The standard InChI is InChI=1S/C12H17NO.C2H2O4/c14-12(7-4-9-13-10-8-12)11-5-2-1-3-6-11;3-1(4)2(5)6/h1-3,5-6,13-14H,4,7-10H2;(H,3,4)(H,5,6). The van der Waals surface area contributed by atoms with Crippen LogP contribution in [0.15, 0.2) is 30.3 Å². The van der Waals surface area contributed by atoms with Gasteiger partial charge in [-0.05, 0) is 37.9 Å². The van der Waals surface area contributed by atoms with Gasteiger partial charge in [0, 0.05) is 0 Å². The summed E-state index contributed by atoms with van der Waals surface area (Å²) in [6.07, 6.45) is 2.73. The first kappa shape index (κ1) is 16.1. The minimum absolute atomic E-state index is 0.606. The second-order valence-corrected chi connectivity index (χ2v) is 4.61. The summed E-state index contributed by atoms with van der Waals surface area (Å²) in [5.74, 6) is -3.65. The van der Waals surface area contributed by atoms with Gasteiger partial charge in [0.1, 0.15) is 0 Å². The number of nitrogens with one attached hydrogen (secondary N) is 1. The Bertz CT molecular complexity index is 426. The second-order valence-electron chi connectivity index (χ2n) is 4.61. The quantitative estimate of drug-likeness (QED) is 0.567. The van der Waals surface area contributed by atoms with Crippen molar-refractivity contribution in [3.05, 3.63) is 35.9 Å². The molecule has 6 heteroatoms. The fourth-order valence-electron chi connectivity index (χ4n) is 2.09. The van der Waals surface area contributed by atoms with Crippen LogP contribution >= 0.6 is 0 Å². The molecule has 1 aliphatic heterocycles. The van der Waals surface area contributed by atoms with Crippen LogP contribution in [0.1, 0.15) is 24.8 Å². The van der Waals surface area contributed by atoms with Crippen molar-refractivity contribution in [2.24, 2.45) is 0 Å². The van der Waals surface area contributed by atoms with E-state index in [4.69, 9.17) is 19.8 Å². The zero-order valence-electron chi connectivity index (χ0n) is 11.1. The summed E-state index contributed by atoms with van der Waals surface area (Å²) in [5, 5.41) is 28.6. The number of aliphatic hydroxyl groups is 1. The summed E-state index contributed by atoms with van der Waals surface area (Å²) in [5.41, 5.74) is 0.453. The normalized spacial score (nSPS) is 22.1. The third kappa shape index (κ3) is 4.99. The molecule has 0 aliphatic carbocycles. The number of benzene rings is 1. The summed E-state index contributed by atoms with van der Waals surface area (Å²) < 4.78 is 0. The van der Waals surface area contributed by atoms with Crippen molar-refractivity contribution in [2.45, 2.75) is 24.9 Å². The number of carbonyl (C=O) groups is 2. The Hall–Kier alpha value is -1.92. The lowest BCUT2D eigenvalue weighted by Crippen LogP contribution is -2.26. The molecule has 0 amide bonds. The summed E-state index contributed by atoms with van der Waals surface area (Å²) >= 11 is 0. The number of aliphatic carboxylic acids is 2. The van der Waals surface area contributed by atoms with Gasteiger partial charge in [-0.2, -0.15) is 0 Å². The van der Waals surface area contributed by atoms with E-state index in [0.29, 0.717) is 0 Å². The minimum Gasteiger partial charge on any atom is -0.473 e. The summed E-state index contributed by atoms with van der Waals surface area (Å²) in [4.78, 5) is 18.2. The molecule has 1 aromatic carbocycles. The number of hydrogen-bond donors (Lipinski definition) is 4. The van der Waals surface area contributed by atoms with Crippen LogP contribution in [0.5, 0.6) is 0 Å². The van der Waals surface area contributed by atoms with Crippen LogP contribution in [0, 0.1) is 0 Å². The molecule has 6 nitrogen and oxygen atoms in total. The van der Waals surface area contributed by atoms with E-state index in [9.17, 15) is 5.11 Å². The van der Waals surface area contributed by atoms with Gasteiger partial charge in [-0.3, -0.25) is 0 Å². The Kier molecular flexibility index (Phi) is 6.14. The van der Waals surface area contributed by atoms with E-state index in [0.717, 1.165) is 37.9 Å². The molecule has 0 spiro atoms. The largest absolute Gasteiger partial charge is 0.473 e. The van der Waals surface area contributed by atoms with E-state index in [1.807, 2.05) is 30.3 Å². The van der Waals surface area contributed by atoms with E-state index < -0.39 is 17.5 Å². The molecule has 20 heavy (non-hydrogen) atoms. The molecule has 1 atom stereocenters. The lowest BCUT2D eigenvalue weighted by Gasteiger charge is -2.26. The van der Waals surface area contributed by atoms with Crippen molar-refractivity contribution in [3.8, 4) is 0 Å². The number of hydrogen-bond acceptors (Lipinski definition) is 4. The molecule has 110 valence electrons. The first-order chi connectivity index (χ1) is 9.46. The fraction of sp³-hybridized carbons (Fsp3) is 0.429. The summed E-state index contributed by atoms with van der Waals surface area (Å²) in [6.45, 7) is 1.93. The average Bonchev–Trinajstić information content (AvgIpc) is 2.66. The van der Waals surface area contributed by atoms with Crippen molar-refractivity contribution in [3.63, 3.8) is 0 Å². The topological polar surface area (TPSA) is 107 Å². The van der Waals surface area contributed by atoms with Gasteiger partial charge in [0.05, 0.1) is 5.60 Å². The molecule has 4 N–H and O–H groups in total. The molecule has 2 rings (SSSR count). The molecule has 0 bridgehead atoms. The van der Waals surface area contributed by atoms with Gasteiger partial charge in [-0.25, -0.2) is 9.59 Å². The zero-order chi connectivity index (χ0) is 15.0. The van der Waals surface area contributed by atoms with Crippen LogP contribution in [0.25, 0.3) is 0 Å². The monoisotopic (exact) mass is 281 g/mol. The molecule has 1 aliphatic rings. The first-order valence-corrected chi connectivity index (χ1v) is 6.40. The minimum atomic E-state index is -1.82. The van der Waals surface area contributed by atoms with Crippen molar-refractivity contribution in [2.75, 3.05) is 13.1 Å². The van der Waals surface area contributed by atoms with Crippen molar-refractivity contribution in [1.29, 1.82) is 0 Å². The Balaban J connectivity index is 0.000000286. The van der Waals surface area contributed by atoms with Gasteiger partial charge in [0.2, 0.25) is 0 Å². The molecule has 1 saturated heterocycles. The predicted octanol–water partition coefficient (Wildman–Crippen LogP) is 0.803. The molecule has 1 fully saturated rings. The van der Waals surface area contributed by atoms with Crippen molar-refractivity contribution < 1.29 is 24.9 Å². The molecule has 1 heterocycles. The Labute approximate surface area is 117 Å². The molecule has 0 radical (unpaired) electrons. The Morgan fingerprint density at radius 3 is 2.15 bits per heavy atom. The van der Waals surface area contributed by atoms with E-state index in [-0.39, 0.29) is 0 Å². The summed E-state index contributed by atoms with van der Waals surface area (Å²) in [6, 6.07) is 10.0. The average molecular weight is 281 g/mol. The van der Waals surface area contributed by atoms with Crippen molar-refractivity contribution in [1.82, 2.24) is 5.32 Å². The first-order valence-electron chi connectivity index (χ1n) is 6.40. The van der Waals surface area contributed by atoms with E-state index in [1.54, 1.807) is 0 Å².